The van der Waals surface area contributed by atoms with Gasteiger partial charge in [-0.15, -0.1) is 0 Å². The quantitative estimate of drug-likeness (QED) is 0.313. The van der Waals surface area contributed by atoms with Crippen LogP contribution in [0, 0.1) is 0 Å². The lowest BCUT2D eigenvalue weighted by Crippen LogP contribution is -2.53. The van der Waals surface area contributed by atoms with Crippen LogP contribution in [0.1, 0.15) is 31.4 Å². The van der Waals surface area contributed by atoms with Crippen LogP contribution in [-0.2, 0) is 22.6 Å². The number of hydrogen-bond acceptors (Lipinski definition) is 3. The van der Waals surface area contributed by atoms with Crippen molar-refractivity contribution < 1.29 is 14.3 Å². The first-order valence-electron chi connectivity index (χ1n) is 11.6. The van der Waals surface area contributed by atoms with E-state index in [2.05, 4.69) is 21.2 Å². The average Bonchev–Trinajstić information content (AvgIpc) is 2.87. The molecule has 0 fully saturated rings. The van der Waals surface area contributed by atoms with E-state index < -0.39 is 6.04 Å². The van der Waals surface area contributed by atoms with E-state index >= 15 is 0 Å². The molecule has 0 radical (unpaired) electrons. The normalized spacial score (nSPS) is 12.5. The molecule has 2 atom stereocenters. The third-order valence-electron chi connectivity index (χ3n) is 5.75. The number of ether oxygens (including phenoxy) is 1. The molecule has 3 aromatic rings. The van der Waals surface area contributed by atoms with Gasteiger partial charge in [0.1, 0.15) is 11.8 Å². The van der Waals surface area contributed by atoms with Gasteiger partial charge in [-0.1, -0.05) is 83.0 Å². The molecule has 0 aliphatic heterocycles. The monoisotopic (exact) mass is 556 g/mol. The van der Waals surface area contributed by atoms with Crippen molar-refractivity contribution in [2.24, 2.45) is 0 Å². The van der Waals surface area contributed by atoms with Gasteiger partial charge in [0.15, 0.2) is 6.61 Å². The molecule has 3 rings (SSSR count). The molecule has 0 aliphatic rings. The summed E-state index contributed by atoms with van der Waals surface area (Å²) in [4.78, 5) is 28.6. The number of nitrogens with one attached hydrogen (secondary N) is 1. The second-order valence-corrected chi connectivity index (χ2v) is 9.70. The molecule has 0 unspecified atom stereocenters. The highest BCUT2D eigenvalue weighted by atomic mass is 79.9. The molecule has 0 aliphatic carbocycles. The summed E-state index contributed by atoms with van der Waals surface area (Å²) in [6.07, 6.45) is 1.16. The van der Waals surface area contributed by atoms with Crippen molar-refractivity contribution in [1.29, 1.82) is 0 Å². The fourth-order valence-corrected chi connectivity index (χ4v) is 4.02. The van der Waals surface area contributed by atoms with Crippen molar-refractivity contribution in [2.75, 3.05) is 6.61 Å². The maximum Gasteiger partial charge on any atom is 0.261 e. The van der Waals surface area contributed by atoms with Crippen molar-refractivity contribution in [3.05, 3.63) is 99.5 Å². The summed E-state index contributed by atoms with van der Waals surface area (Å²) in [6, 6.07) is 23.6. The number of carbonyl (C=O) groups excluding carboxylic acids is 2. The lowest BCUT2D eigenvalue weighted by Gasteiger charge is -2.32. The van der Waals surface area contributed by atoms with Crippen LogP contribution in [0.3, 0.4) is 0 Å². The van der Waals surface area contributed by atoms with Crippen molar-refractivity contribution in [3.63, 3.8) is 0 Å². The first kappa shape index (κ1) is 26.8. The van der Waals surface area contributed by atoms with Crippen LogP contribution in [0.25, 0.3) is 0 Å². The molecular formula is C28H30BrClN2O3. The summed E-state index contributed by atoms with van der Waals surface area (Å²) in [6.45, 7) is 3.95. The van der Waals surface area contributed by atoms with Crippen molar-refractivity contribution in [2.45, 2.75) is 45.3 Å². The first-order valence-corrected chi connectivity index (χ1v) is 12.8. The maximum atomic E-state index is 13.6. The van der Waals surface area contributed by atoms with Gasteiger partial charge >= 0.3 is 0 Å². The molecule has 0 aromatic heterocycles. The molecule has 0 saturated carbocycles. The summed E-state index contributed by atoms with van der Waals surface area (Å²) in [7, 11) is 0. The fourth-order valence-electron chi connectivity index (χ4n) is 3.56. The molecular weight excluding hydrogens is 528 g/mol. The lowest BCUT2D eigenvalue weighted by atomic mass is 10.0. The zero-order valence-electron chi connectivity index (χ0n) is 19.9. The molecule has 3 aromatic carbocycles. The van der Waals surface area contributed by atoms with E-state index in [0.29, 0.717) is 17.2 Å². The molecule has 0 spiro atoms. The van der Waals surface area contributed by atoms with Gasteiger partial charge in [0.25, 0.3) is 5.91 Å². The zero-order chi connectivity index (χ0) is 25.2. The molecule has 5 nitrogen and oxygen atoms in total. The van der Waals surface area contributed by atoms with E-state index in [4.69, 9.17) is 16.3 Å². The van der Waals surface area contributed by atoms with Crippen LogP contribution >= 0.6 is 27.5 Å². The summed E-state index contributed by atoms with van der Waals surface area (Å²) < 4.78 is 6.70. The predicted octanol–water partition coefficient (Wildman–Crippen LogP) is 6.04. The van der Waals surface area contributed by atoms with Crippen LogP contribution in [0.2, 0.25) is 5.02 Å². The predicted molar refractivity (Wildman–Crippen MR) is 143 cm³/mol. The van der Waals surface area contributed by atoms with Crippen LogP contribution in [-0.4, -0.2) is 35.4 Å². The van der Waals surface area contributed by atoms with Gasteiger partial charge in [0.05, 0.1) is 0 Å². The minimum atomic E-state index is -0.733. The van der Waals surface area contributed by atoms with Gasteiger partial charge in [-0.25, -0.2) is 0 Å². The average molecular weight is 558 g/mol. The zero-order valence-corrected chi connectivity index (χ0v) is 22.3. The molecule has 0 heterocycles. The Bertz CT molecular complexity index is 1110. The van der Waals surface area contributed by atoms with Gasteiger partial charge in [0, 0.05) is 28.5 Å². The van der Waals surface area contributed by atoms with E-state index in [1.54, 1.807) is 23.1 Å². The number of nitrogens with zero attached hydrogens (tertiary/aromatic N) is 1. The standard InChI is InChI=1S/C28H30BrClN2O3/c1-3-20(2)31-28(34)26(17-21-9-5-4-6-10-21)32(18-22-11-7-8-12-25(22)30)27(33)19-35-24-15-13-23(29)14-16-24/h4-16,20,26H,3,17-19H2,1-2H3,(H,31,34)/t20-,26-/m0/s1. The van der Waals surface area contributed by atoms with E-state index in [0.717, 1.165) is 22.0 Å². The number of hydrogen-bond donors (Lipinski definition) is 1. The van der Waals surface area contributed by atoms with Gasteiger partial charge in [-0.05, 0) is 54.8 Å². The summed E-state index contributed by atoms with van der Waals surface area (Å²) in [5.41, 5.74) is 1.73. The van der Waals surface area contributed by atoms with Crippen LogP contribution in [0.15, 0.2) is 83.3 Å². The Morgan fingerprint density at radius 1 is 1.00 bits per heavy atom. The fraction of sp³-hybridized carbons (Fsp3) is 0.286. The molecule has 0 saturated heterocycles. The number of carbonyl (C=O) groups is 2. The molecule has 184 valence electrons. The third-order valence-corrected chi connectivity index (χ3v) is 6.64. The highest BCUT2D eigenvalue weighted by Crippen LogP contribution is 2.21. The molecule has 2 amide bonds. The topological polar surface area (TPSA) is 58.6 Å². The Morgan fingerprint density at radius 2 is 1.66 bits per heavy atom. The van der Waals surface area contributed by atoms with Gasteiger partial charge in [-0.2, -0.15) is 0 Å². The van der Waals surface area contributed by atoms with Crippen LogP contribution in [0.4, 0.5) is 0 Å². The van der Waals surface area contributed by atoms with Crippen molar-refractivity contribution >= 4 is 39.3 Å². The molecule has 1 N–H and O–H groups in total. The van der Waals surface area contributed by atoms with Crippen molar-refractivity contribution in [1.82, 2.24) is 10.2 Å². The Balaban J connectivity index is 1.91. The highest BCUT2D eigenvalue weighted by molar-refractivity contribution is 9.10. The van der Waals surface area contributed by atoms with E-state index in [1.807, 2.05) is 74.5 Å². The highest BCUT2D eigenvalue weighted by Gasteiger charge is 2.31. The minimum absolute atomic E-state index is 0.0166. The molecule has 0 bridgehead atoms. The Hall–Kier alpha value is -2.83. The van der Waals surface area contributed by atoms with Crippen LogP contribution < -0.4 is 10.1 Å². The first-order chi connectivity index (χ1) is 16.9. The lowest BCUT2D eigenvalue weighted by molar-refractivity contribution is -0.143. The summed E-state index contributed by atoms with van der Waals surface area (Å²) >= 11 is 9.83. The Morgan fingerprint density at radius 3 is 2.31 bits per heavy atom. The SMILES string of the molecule is CC[C@H](C)NC(=O)[C@H](Cc1ccccc1)N(Cc1ccccc1Cl)C(=O)COc1ccc(Br)cc1. The third kappa shape index (κ3) is 8.11. The van der Waals surface area contributed by atoms with Gasteiger partial charge in [0.2, 0.25) is 5.91 Å². The second kappa shape index (κ2) is 13.3. The summed E-state index contributed by atoms with van der Waals surface area (Å²) in [5.74, 6) is 0.0724. The van der Waals surface area contributed by atoms with E-state index in [9.17, 15) is 9.59 Å². The van der Waals surface area contributed by atoms with Crippen LogP contribution in [0.5, 0.6) is 5.75 Å². The molecule has 7 heteroatoms. The van der Waals surface area contributed by atoms with E-state index in [1.165, 1.54) is 0 Å². The smallest absolute Gasteiger partial charge is 0.261 e. The maximum absolute atomic E-state index is 13.6. The number of halogens is 2. The molecule has 35 heavy (non-hydrogen) atoms. The van der Waals surface area contributed by atoms with Gasteiger partial charge < -0.3 is 15.0 Å². The van der Waals surface area contributed by atoms with Crippen molar-refractivity contribution in [3.8, 4) is 5.75 Å². The second-order valence-electron chi connectivity index (χ2n) is 8.38. The number of amides is 2. The van der Waals surface area contributed by atoms with E-state index in [-0.39, 0.29) is 31.0 Å². The minimum Gasteiger partial charge on any atom is -0.484 e. The Kier molecular flexibility index (Phi) is 10.2. The van der Waals surface area contributed by atoms with Gasteiger partial charge in [-0.3, -0.25) is 9.59 Å². The number of benzene rings is 3. The number of rotatable bonds is 11. The summed E-state index contributed by atoms with van der Waals surface area (Å²) in [5, 5.41) is 3.60. The largest absolute Gasteiger partial charge is 0.484 e. The Labute approximate surface area is 220 Å².